The van der Waals surface area contributed by atoms with Crippen LogP contribution in [0.25, 0.3) is 0 Å². The smallest absolute Gasteiger partial charge is 0.305 e. The predicted octanol–water partition coefficient (Wildman–Crippen LogP) is 0.386. The van der Waals surface area contributed by atoms with E-state index in [4.69, 9.17) is 5.26 Å². The second-order valence-corrected chi connectivity index (χ2v) is 4.05. The average molecular weight is 263 g/mol. The standard InChI is InChI=1S/C11H13N5O3/c1-14(2)11(17)7-15(3)10-5-4-9(16(18)19)8(6-12)13-10/h4-5H,7H2,1-3H3. The minimum absolute atomic E-state index is 0.0721. The lowest BCUT2D eigenvalue weighted by Crippen LogP contribution is -2.34. The van der Waals surface area contributed by atoms with Crippen LogP contribution < -0.4 is 4.90 Å². The molecule has 1 heterocycles. The highest BCUT2D eigenvalue weighted by molar-refractivity contribution is 5.80. The molecule has 0 aliphatic carbocycles. The largest absolute Gasteiger partial charge is 0.350 e. The Kier molecular flexibility index (Phi) is 4.36. The topological polar surface area (TPSA) is 103 Å². The number of amides is 1. The van der Waals surface area contributed by atoms with Gasteiger partial charge in [-0.3, -0.25) is 14.9 Å². The summed E-state index contributed by atoms with van der Waals surface area (Å²) >= 11 is 0. The van der Waals surface area contributed by atoms with Crippen molar-refractivity contribution in [2.24, 2.45) is 0 Å². The molecule has 1 amide bonds. The van der Waals surface area contributed by atoms with Crippen LogP contribution in [-0.2, 0) is 4.79 Å². The first-order valence-corrected chi connectivity index (χ1v) is 5.33. The molecule has 0 saturated carbocycles. The van der Waals surface area contributed by atoms with Crippen molar-refractivity contribution in [2.75, 3.05) is 32.6 Å². The fraction of sp³-hybridized carbons (Fsp3) is 0.364. The van der Waals surface area contributed by atoms with Crippen LogP contribution in [0.4, 0.5) is 11.5 Å². The predicted molar refractivity (Wildman–Crippen MR) is 67.6 cm³/mol. The summed E-state index contributed by atoms with van der Waals surface area (Å²) in [5.74, 6) is 0.193. The van der Waals surface area contributed by atoms with Crippen molar-refractivity contribution < 1.29 is 9.72 Å². The molecule has 19 heavy (non-hydrogen) atoms. The number of hydrogen-bond donors (Lipinski definition) is 0. The fourth-order valence-corrected chi connectivity index (χ4v) is 1.31. The van der Waals surface area contributed by atoms with Crippen LogP contribution in [0.1, 0.15) is 5.69 Å². The maximum absolute atomic E-state index is 11.5. The van der Waals surface area contributed by atoms with Crippen molar-refractivity contribution in [2.45, 2.75) is 0 Å². The van der Waals surface area contributed by atoms with Crippen LogP contribution in [0.15, 0.2) is 12.1 Å². The molecule has 0 N–H and O–H groups in total. The van der Waals surface area contributed by atoms with E-state index in [0.29, 0.717) is 5.82 Å². The second-order valence-electron chi connectivity index (χ2n) is 4.05. The van der Waals surface area contributed by atoms with E-state index < -0.39 is 4.92 Å². The molecule has 1 aromatic rings. The number of hydrogen-bond acceptors (Lipinski definition) is 6. The van der Waals surface area contributed by atoms with Gasteiger partial charge in [-0.2, -0.15) is 5.26 Å². The molecule has 0 aromatic carbocycles. The molecule has 0 spiro atoms. The molecule has 0 unspecified atom stereocenters. The van der Waals surface area contributed by atoms with Crippen LogP contribution in [0.2, 0.25) is 0 Å². The van der Waals surface area contributed by atoms with Gasteiger partial charge in [-0.1, -0.05) is 0 Å². The molecular weight excluding hydrogens is 250 g/mol. The lowest BCUT2D eigenvalue weighted by atomic mass is 10.3. The fourth-order valence-electron chi connectivity index (χ4n) is 1.31. The van der Waals surface area contributed by atoms with Gasteiger partial charge in [0.2, 0.25) is 11.6 Å². The number of carbonyl (C=O) groups excluding carboxylic acids is 1. The summed E-state index contributed by atoms with van der Waals surface area (Å²) in [6.45, 7) is 0.0721. The van der Waals surface area contributed by atoms with Crippen LogP contribution >= 0.6 is 0 Å². The van der Waals surface area contributed by atoms with Crippen molar-refractivity contribution in [3.8, 4) is 6.07 Å². The van der Waals surface area contributed by atoms with Gasteiger partial charge in [0.1, 0.15) is 11.9 Å². The van der Waals surface area contributed by atoms with E-state index in [1.54, 1.807) is 27.2 Å². The number of carbonyl (C=O) groups is 1. The summed E-state index contributed by atoms with van der Waals surface area (Å²) in [6, 6.07) is 4.28. The molecule has 0 bridgehead atoms. The summed E-state index contributed by atoms with van der Waals surface area (Å²) in [5, 5.41) is 19.5. The maximum Gasteiger partial charge on any atom is 0.305 e. The van der Waals surface area contributed by atoms with Gasteiger partial charge in [-0.15, -0.1) is 0 Å². The summed E-state index contributed by atoms with van der Waals surface area (Å²) < 4.78 is 0. The van der Waals surface area contributed by atoms with Gasteiger partial charge >= 0.3 is 5.69 Å². The number of nitro groups is 1. The SMILES string of the molecule is CN(C)C(=O)CN(C)c1ccc([N+](=O)[O-])c(C#N)n1. The summed E-state index contributed by atoms with van der Waals surface area (Å²) in [4.78, 5) is 28.4. The zero-order chi connectivity index (χ0) is 14.6. The van der Waals surface area contributed by atoms with Crippen molar-refractivity contribution in [1.82, 2.24) is 9.88 Å². The lowest BCUT2D eigenvalue weighted by molar-refractivity contribution is -0.385. The minimum atomic E-state index is -0.666. The third-order valence-electron chi connectivity index (χ3n) is 2.42. The highest BCUT2D eigenvalue weighted by Crippen LogP contribution is 2.19. The Bertz CT molecular complexity index is 550. The average Bonchev–Trinajstić information content (AvgIpc) is 2.37. The van der Waals surface area contributed by atoms with E-state index in [-0.39, 0.29) is 23.8 Å². The van der Waals surface area contributed by atoms with E-state index in [2.05, 4.69) is 4.98 Å². The van der Waals surface area contributed by atoms with Crippen molar-refractivity contribution in [3.05, 3.63) is 27.9 Å². The monoisotopic (exact) mass is 263 g/mol. The van der Waals surface area contributed by atoms with Gasteiger partial charge in [0.25, 0.3) is 0 Å². The molecule has 0 radical (unpaired) electrons. The van der Waals surface area contributed by atoms with E-state index in [9.17, 15) is 14.9 Å². The Morgan fingerprint density at radius 1 is 1.47 bits per heavy atom. The molecule has 8 heteroatoms. The highest BCUT2D eigenvalue weighted by Gasteiger charge is 2.18. The highest BCUT2D eigenvalue weighted by atomic mass is 16.6. The second kappa shape index (κ2) is 5.77. The third kappa shape index (κ3) is 3.38. The number of nitriles is 1. The Morgan fingerprint density at radius 2 is 2.11 bits per heavy atom. The zero-order valence-corrected chi connectivity index (χ0v) is 10.8. The molecule has 1 aromatic heterocycles. The molecule has 100 valence electrons. The first-order chi connectivity index (χ1) is 8.86. The van der Waals surface area contributed by atoms with Crippen LogP contribution in [-0.4, -0.2) is 48.4 Å². The Hall–Kier alpha value is -2.69. The number of likely N-dealkylation sites (N-methyl/N-ethyl adjacent to an activating group) is 2. The Labute approximate surface area is 110 Å². The third-order valence-corrected chi connectivity index (χ3v) is 2.42. The Morgan fingerprint density at radius 3 is 2.58 bits per heavy atom. The zero-order valence-electron chi connectivity index (χ0n) is 10.8. The van der Waals surface area contributed by atoms with E-state index in [1.807, 2.05) is 0 Å². The Balaban J connectivity index is 3.00. The number of pyridine rings is 1. The molecule has 0 saturated heterocycles. The first kappa shape index (κ1) is 14.4. The van der Waals surface area contributed by atoms with Crippen LogP contribution in [0.3, 0.4) is 0 Å². The maximum atomic E-state index is 11.5. The van der Waals surface area contributed by atoms with Crippen molar-refractivity contribution >= 4 is 17.4 Å². The number of nitrogens with zero attached hydrogens (tertiary/aromatic N) is 5. The minimum Gasteiger partial charge on any atom is -0.350 e. The van der Waals surface area contributed by atoms with Gasteiger partial charge < -0.3 is 9.80 Å². The summed E-state index contributed by atoms with van der Waals surface area (Å²) in [7, 11) is 4.87. The van der Waals surface area contributed by atoms with Gasteiger partial charge in [-0.05, 0) is 6.07 Å². The quantitative estimate of drug-likeness (QED) is 0.574. The van der Waals surface area contributed by atoms with Crippen molar-refractivity contribution in [3.63, 3.8) is 0 Å². The van der Waals surface area contributed by atoms with Gasteiger partial charge in [0.15, 0.2) is 0 Å². The molecule has 0 aliphatic rings. The van der Waals surface area contributed by atoms with Gasteiger partial charge in [-0.25, -0.2) is 4.98 Å². The molecular formula is C11H13N5O3. The number of rotatable bonds is 4. The van der Waals surface area contributed by atoms with E-state index in [1.165, 1.54) is 21.9 Å². The molecule has 0 atom stereocenters. The van der Waals surface area contributed by atoms with Crippen LogP contribution in [0, 0.1) is 21.4 Å². The van der Waals surface area contributed by atoms with Crippen molar-refractivity contribution in [1.29, 1.82) is 5.26 Å². The molecule has 8 nitrogen and oxygen atoms in total. The molecule has 0 aliphatic heterocycles. The molecule has 0 fully saturated rings. The number of anilines is 1. The lowest BCUT2D eigenvalue weighted by Gasteiger charge is -2.19. The summed E-state index contributed by atoms with van der Waals surface area (Å²) in [6.07, 6.45) is 0. The van der Waals surface area contributed by atoms with E-state index >= 15 is 0 Å². The van der Waals surface area contributed by atoms with Crippen LogP contribution in [0.5, 0.6) is 0 Å². The number of aromatic nitrogens is 1. The summed E-state index contributed by atoms with van der Waals surface area (Å²) in [5.41, 5.74) is -0.620. The molecule has 1 rings (SSSR count). The van der Waals surface area contributed by atoms with Gasteiger partial charge in [0.05, 0.1) is 11.5 Å². The first-order valence-electron chi connectivity index (χ1n) is 5.33. The normalized spacial score (nSPS) is 9.58. The van der Waals surface area contributed by atoms with Gasteiger partial charge in [0, 0.05) is 27.2 Å². The van der Waals surface area contributed by atoms with E-state index in [0.717, 1.165) is 0 Å².